The number of rotatable bonds is 7. The Hall–Kier alpha value is -2.47. The molecule has 0 fully saturated rings. The molecule has 2 aromatic carbocycles. The first-order valence-corrected chi connectivity index (χ1v) is 9.03. The molecule has 3 rings (SSSR count). The Morgan fingerprint density at radius 1 is 1.20 bits per heavy atom. The van der Waals surface area contributed by atoms with Gasteiger partial charge in [0.15, 0.2) is 5.44 Å². The van der Waals surface area contributed by atoms with Gasteiger partial charge in [-0.1, -0.05) is 30.3 Å². The molecule has 2 aromatic rings. The van der Waals surface area contributed by atoms with Crippen LogP contribution in [-0.4, -0.2) is 31.3 Å². The van der Waals surface area contributed by atoms with Crippen molar-refractivity contribution in [1.82, 2.24) is 5.32 Å². The summed E-state index contributed by atoms with van der Waals surface area (Å²) in [6.45, 7) is 0.562. The summed E-state index contributed by atoms with van der Waals surface area (Å²) in [6.07, 6.45) is 0.752. The Kier molecular flexibility index (Phi) is 5.60. The molecule has 1 N–H and O–H groups in total. The normalized spacial score (nSPS) is 15.4. The molecule has 1 atom stereocenters. The Labute approximate surface area is 150 Å². The van der Waals surface area contributed by atoms with E-state index in [0.29, 0.717) is 12.1 Å². The maximum atomic E-state index is 12.0. The molecule has 1 aliphatic rings. The molecule has 5 nitrogen and oxygen atoms in total. The fourth-order valence-electron chi connectivity index (χ4n) is 2.58. The van der Waals surface area contributed by atoms with Gasteiger partial charge >= 0.3 is 5.97 Å². The highest BCUT2D eigenvalue weighted by atomic mass is 32.2. The first-order valence-electron chi connectivity index (χ1n) is 7.98. The minimum atomic E-state index is -0.406. The summed E-state index contributed by atoms with van der Waals surface area (Å²) in [5.41, 5.74) is 2.15. The summed E-state index contributed by atoms with van der Waals surface area (Å²) in [7, 11) is 1.63. The van der Waals surface area contributed by atoms with Gasteiger partial charge in [-0.2, -0.15) is 0 Å². The Morgan fingerprint density at radius 3 is 2.72 bits per heavy atom. The van der Waals surface area contributed by atoms with Crippen molar-refractivity contribution in [3.63, 3.8) is 0 Å². The van der Waals surface area contributed by atoms with Gasteiger partial charge in [0.05, 0.1) is 18.4 Å². The number of thioether (sulfide) groups is 1. The standard InChI is InChI=1S/C19H19NO4S/c1-23-14-8-6-13(7-9-14)10-11-20-17(21)12-25-19-16-5-3-2-4-15(16)18(22)24-19/h2-9,19H,10-12H2,1H3,(H,20,21)/t19-/m1/s1. The number of methoxy groups -OCH3 is 1. The summed E-state index contributed by atoms with van der Waals surface area (Å²) in [5.74, 6) is 0.664. The van der Waals surface area contributed by atoms with Gasteiger partial charge < -0.3 is 14.8 Å². The van der Waals surface area contributed by atoms with Gasteiger partial charge in [-0.15, -0.1) is 11.8 Å². The average molecular weight is 357 g/mol. The second-order valence-corrected chi connectivity index (χ2v) is 6.63. The molecule has 0 saturated carbocycles. The van der Waals surface area contributed by atoms with E-state index in [2.05, 4.69) is 5.32 Å². The molecule has 25 heavy (non-hydrogen) atoms. The van der Waals surface area contributed by atoms with Gasteiger partial charge in [-0.05, 0) is 30.2 Å². The number of carbonyl (C=O) groups is 2. The van der Waals surface area contributed by atoms with E-state index in [1.807, 2.05) is 36.4 Å². The van der Waals surface area contributed by atoms with Gasteiger partial charge in [-0.3, -0.25) is 4.79 Å². The molecule has 0 aliphatic carbocycles. The highest BCUT2D eigenvalue weighted by Gasteiger charge is 2.31. The number of nitrogens with one attached hydrogen (secondary N) is 1. The topological polar surface area (TPSA) is 64.6 Å². The summed E-state index contributed by atoms with van der Waals surface area (Å²) >= 11 is 1.32. The number of cyclic esters (lactones) is 1. The van der Waals surface area contributed by atoms with Gasteiger partial charge in [-0.25, -0.2) is 4.79 Å². The van der Waals surface area contributed by atoms with Gasteiger partial charge in [0.2, 0.25) is 5.91 Å². The number of hydrogen-bond donors (Lipinski definition) is 1. The third-order valence-corrected chi connectivity index (χ3v) is 4.99. The average Bonchev–Trinajstić information content (AvgIpc) is 2.97. The van der Waals surface area contributed by atoms with E-state index in [1.54, 1.807) is 19.2 Å². The second kappa shape index (κ2) is 8.07. The van der Waals surface area contributed by atoms with Crippen LogP contribution in [0.3, 0.4) is 0 Å². The van der Waals surface area contributed by atoms with E-state index in [1.165, 1.54) is 11.8 Å². The molecule has 1 aliphatic heterocycles. The molecule has 0 aromatic heterocycles. The fraction of sp³-hybridized carbons (Fsp3) is 0.263. The SMILES string of the molecule is COc1ccc(CCNC(=O)CS[C@H]2OC(=O)c3ccccc32)cc1. The maximum Gasteiger partial charge on any atom is 0.340 e. The first-order chi connectivity index (χ1) is 12.2. The van der Waals surface area contributed by atoms with E-state index >= 15 is 0 Å². The largest absolute Gasteiger partial charge is 0.497 e. The predicted molar refractivity (Wildman–Crippen MR) is 96.8 cm³/mol. The Morgan fingerprint density at radius 2 is 1.96 bits per heavy atom. The van der Waals surface area contributed by atoms with Crippen molar-refractivity contribution < 1.29 is 19.1 Å². The number of ether oxygens (including phenoxy) is 2. The third kappa shape index (κ3) is 4.33. The lowest BCUT2D eigenvalue weighted by molar-refractivity contribution is -0.118. The second-order valence-electron chi connectivity index (χ2n) is 5.58. The minimum Gasteiger partial charge on any atom is -0.497 e. The third-order valence-electron chi connectivity index (χ3n) is 3.91. The van der Waals surface area contributed by atoms with E-state index in [4.69, 9.17) is 9.47 Å². The summed E-state index contributed by atoms with van der Waals surface area (Å²) in [5, 5.41) is 2.89. The van der Waals surface area contributed by atoms with E-state index in [0.717, 1.165) is 23.3 Å². The van der Waals surface area contributed by atoms with Gasteiger partial charge in [0, 0.05) is 12.1 Å². The lowest BCUT2D eigenvalue weighted by Gasteiger charge is -2.10. The van der Waals surface area contributed by atoms with Crippen LogP contribution in [0.2, 0.25) is 0 Å². The lowest BCUT2D eigenvalue weighted by Crippen LogP contribution is -2.27. The zero-order valence-corrected chi connectivity index (χ0v) is 14.7. The van der Waals surface area contributed by atoms with Crippen molar-refractivity contribution in [2.45, 2.75) is 11.9 Å². The molecule has 0 unspecified atom stereocenters. The molecule has 1 amide bonds. The summed E-state index contributed by atoms with van der Waals surface area (Å²) in [6, 6.07) is 15.0. The molecule has 6 heteroatoms. The van der Waals surface area contributed by atoms with Crippen LogP contribution in [0.4, 0.5) is 0 Å². The van der Waals surface area contributed by atoms with Crippen molar-refractivity contribution in [3.05, 3.63) is 65.2 Å². The lowest BCUT2D eigenvalue weighted by atomic mass is 10.1. The minimum absolute atomic E-state index is 0.0704. The Bertz CT molecular complexity index is 760. The smallest absolute Gasteiger partial charge is 0.340 e. The predicted octanol–water partition coefficient (Wildman–Crippen LogP) is 2.96. The molecular formula is C19H19NO4S. The summed E-state index contributed by atoms with van der Waals surface area (Å²) < 4.78 is 10.4. The molecule has 130 valence electrons. The van der Waals surface area contributed by atoms with Gasteiger partial charge in [0.1, 0.15) is 5.75 Å². The van der Waals surface area contributed by atoms with Crippen molar-refractivity contribution in [1.29, 1.82) is 0 Å². The van der Waals surface area contributed by atoms with Crippen molar-refractivity contribution in [2.75, 3.05) is 19.4 Å². The molecule has 0 bridgehead atoms. The van der Waals surface area contributed by atoms with Gasteiger partial charge in [0.25, 0.3) is 0 Å². The number of esters is 1. The molecule has 0 spiro atoms. The van der Waals surface area contributed by atoms with Crippen molar-refractivity contribution in [2.24, 2.45) is 0 Å². The summed E-state index contributed by atoms with van der Waals surface area (Å²) in [4.78, 5) is 23.7. The zero-order valence-electron chi connectivity index (χ0n) is 13.9. The highest BCUT2D eigenvalue weighted by molar-refractivity contribution is 8.00. The highest BCUT2D eigenvalue weighted by Crippen LogP contribution is 2.38. The van der Waals surface area contributed by atoms with Crippen LogP contribution in [0.15, 0.2) is 48.5 Å². The maximum absolute atomic E-state index is 12.0. The van der Waals surface area contributed by atoms with E-state index < -0.39 is 5.44 Å². The molecule has 0 saturated heterocycles. The fourth-order valence-corrected chi connectivity index (χ4v) is 3.52. The van der Waals surface area contributed by atoms with Crippen molar-refractivity contribution >= 4 is 23.6 Å². The van der Waals surface area contributed by atoms with E-state index in [9.17, 15) is 9.59 Å². The number of benzene rings is 2. The number of hydrogen-bond acceptors (Lipinski definition) is 5. The van der Waals surface area contributed by atoms with Crippen molar-refractivity contribution in [3.8, 4) is 5.75 Å². The first kappa shape index (κ1) is 17.4. The van der Waals surface area contributed by atoms with Crippen LogP contribution < -0.4 is 10.1 Å². The van der Waals surface area contributed by atoms with Crippen LogP contribution in [0.25, 0.3) is 0 Å². The van der Waals surface area contributed by atoms with Crippen LogP contribution in [-0.2, 0) is 16.0 Å². The van der Waals surface area contributed by atoms with E-state index in [-0.39, 0.29) is 17.6 Å². The van der Waals surface area contributed by atoms with Crippen LogP contribution >= 0.6 is 11.8 Å². The Balaban J connectivity index is 1.42. The number of amides is 1. The molecular weight excluding hydrogens is 338 g/mol. The molecule has 1 heterocycles. The quantitative estimate of drug-likeness (QED) is 0.772. The van der Waals surface area contributed by atoms with Crippen LogP contribution in [0.5, 0.6) is 5.75 Å². The number of carbonyl (C=O) groups excluding carboxylic acids is 2. The van der Waals surface area contributed by atoms with Crippen LogP contribution in [0, 0.1) is 0 Å². The monoisotopic (exact) mass is 357 g/mol. The van der Waals surface area contributed by atoms with Crippen LogP contribution in [0.1, 0.15) is 26.9 Å². The molecule has 0 radical (unpaired) electrons. The zero-order chi connectivity index (χ0) is 17.6. The number of fused-ring (bicyclic) bond motifs is 1.